The molecule has 0 atom stereocenters. The second kappa shape index (κ2) is 8.97. The first-order valence-corrected chi connectivity index (χ1v) is 7.00. The van der Waals surface area contributed by atoms with Crippen LogP contribution >= 0.6 is 0 Å². The number of hydrogen-bond acceptors (Lipinski definition) is 3. The maximum Gasteiger partial charge on any atom is 0.324 e. The van der Waals surface area contributed by atoms with E-state index >= 15 is 0 Å². The van der Waals surface area contributed by atoms with Crippen LogP contribution in [0.2, 0.25) is 0 Å². The fourth-order valence-corrected chi connectivity index (χ4v) is 1.91. The fourth-order valence-electron chi connectivity index (χ4n) is 1.91. The third-order valence-electron chi connectivity index (χ3n) is 3.09. The predicted octanol–water partition coefficient (Wildman–Crippen LogP) is 1.63. The van der Waals surface area contributed by atoms with E-state index in [1.807, 2.05) is 37.4 Å². The van der Waals surface area contributed by atoms with Crippen LogP contribution in [-0.2, 0) is 4.79 Å². The average molecular weight is 293 g/mol. The highest BCUT2D eigenvalue weighted by Crippen LogP contribution is 2.16. The molecule has 6 nitrogen and oxygen atoms in total. The largest absolute Gasteiger partial charge is 0.481 e. The van der Waals surface area contributed by atoms with Crippen molar-refractivity contribution in [3.63, 3.8) is 0 Å². The van der Waals surface area contributed by atoms with Gasteiger partial charge in [0.25, 0.3) is 0 Å². The standard InChI is InChI=1S/C15H23N3O3/c1-16-10-12-17(2)15(21)18(11-6-9-14(19)20)13-7-4-3-5-8-13/h3-5,7-8,16H,6,9-12H2,1-2H3,(H,19,20). The molecular weight excluding hydrogens is 270 g/mol. The summed E-state index contributed by atoms with van der Waals surface area (Å²) in [5.41, 5.74) is 0.782. The molecule has 0 aliphatic heterocycles. The van der Waals surface area contributed by atoms with Crippen LogP contribution < -0.4 is 10.2 Å². The Labute approximate surface area is 125 Å². The number of amides is 2. The van der Waals surface area contributed by atoms with E-state index in [-0.39, 0.29) is 12.5 Å². The minimum absolute atomic E-state index is 0.0524. The summed E-state index contributed by atoms with van der Waals surface area (Å²) >= 11 is 0. The summed E-state index contributed by atoms with van der Waals surface area (Å²) in [6, 6.07) is 9.19. The second-order valence-corrected chi connectivity index (χ2v) is 4.79. The lowest BCUT2D eigenvalue weighted by atomic mass is 10.2. The molecule has 2 amide bonds. The number of carboxylic acid groups (broad SMARTS) is 1. The Bertz CT molecular complexity index is 451. The number of carbonyl (C=O) groups is 2. The van der Waals surface area contributed by atoms with Crippen molar-refractivity contribution in [2.45, 2.75) is 12.8 Å². The first kappa shape index (κ1) is 17.0. The van der Waals surface area contributed by atoms with Gasteiger partial charge in [-0.1, -0.05) is 18.2 Å². The number of benzene rings is 1. The Morgan fingerprint density at radius 2 is 1.86 bits per heavy atom. The van der Waals surface area contributed by atoms with Gasteiger partial charge in [-0.05, 0) is 25.6 Å². The predicted molar refractivity (Wildman–Crippen MR) is 82.6 cm³/mol. The van der Waals surface area contributed by atoms with E-state index in [2.05, 4.69) is 5.32 Å². The number of hydrogen-bond donors (Lipinski definition) is 2. The Morgan fingerprint density at radius 3 is 2.43 bits per heavy atom. The molecule has 0 saturated carbocycles. The van der Waals surface area contributed by atoms with Crippen molar-refractivity contribution in [3.05, 3.63) is 30.3 Å². The van der Waals surface area contributed by atoms with Crippen LogP contribution in [0, 0.1) is 0 Å². The van der Waals surface area contributed by atoms with Gasteiger partial charge in [0.15, 0.2) is 0 Å². The number of nitrogens with one attached hydrogen (secondary N) is 1. The van der Waals surface area contributed by atoms with Crippen molar-refractivity contribution in [1.82, 2.24) is 10.2 Å². The van der Waals surface area contributed by atoms with Crippen molar-refractivity contribution in [2.24, 2.45) is 0 Å². The summed E-state index contributed by atoms with van der Waals surface area (Å²) in [6.45, 7) is 1.69. The van der Waals surface area contributed by atoms with Gasteiger partial charge in [0.05, 0.1) is 0 Å². The molecule has 0 aromatic heterocycles. The topological polar surface area (TPSA) is 72.9 Å². The zero-order valence-electron chi connectivity index (χ0n) is 12.6. The molecule has 1 aromatic rings. The van der Waals surface area contributed by atoms with Crippen LogP contribution in [0.5, 0.6) is 0 Å². The van der Waals surface area contributed by atoms with Crippen molar-refractivity contribution in [1.29, 1.82) is 0 Å². The van der Waals surface area contributed by atoms with Crippen molar-refractivity contribution in [3.8, 4) is 0 Å². The molecule has 0 saturated heterocycles. The summed E-state index contributed by atoms with van der Waals surface area (Å²) in [7, 11) is 3.58. The number of carbonyl (C=O) groups excluding carboxylic acids is 1. The molecule has 116 valence electrons. The smallest absolute Gasteiger partial charge is 0.324 e. The van der Waals surface area contributed by atoms with E-state index < -0.39 is 5.97 Å². The SMILES string of the molecule is CNCCN(C)C(=O)N(CCCC(=O)O)c1ccccc1. The van der Waals surface area contributed by atoms with Crippen LogP contribution in [0.4, 0.5) is 10.5 Å². The van der Waals surface area contributed by atoms with Gasteiger partial charge >= 0.3 is 12.0 Å². The van der Waals surface area contributed by atoms with Crippen LogP contribution in [0.25, 0.3) is 0 Å². The minimum Gasteiger partial charge on any atom is -0.481 e. The van der Waals surface area contributed by atoms with Gasteiger partial charge in [0.2, 0.25) is 0 Å². The molecule has 0 unspecified atom stereocenters. The maximum atomic E-state index is 12.5. The third kappa shape index (κ3) is 5.83. The number of anilines is 1. The Kier molecular flexibility index (Phi) is 7.25. The summed E-state index contributed by atoms with van der Waals surface area (Å²) in [5.74, 6) is -0.848. The zero-order chi connectivity index (χ0) is 15.7. The molecule has 1 aromatic carbocycles. The van der Waals surface area contributed by atoms with E-state index in [9.17, 15) is 9.59 Å². The van der Waals surface area contributed by atoms with Gasteiger partial charge in [0, 0.05) is 38.8 Å². The Balaban J connectivity index is 2.76. The minimum atomic E-state index is -0.848. The number of aliphatic carboxylic acids is 1. The van der Waals surface area contributed by atoms with E-state index in [0.29, 0.717) is 26.1 Å². The summed E-state index contributed by atoms with van der Waals surface area (Å²) in [4.78, 5) is 26.4. The van der Waals surface area contributed by atoms with Crippen molar-refractivity contribution in [2.75, 3.05) is 38.6 Å². The summed E-state index contributed by atoms with van der Waals surface area (Å²) in [6.07, 6.45) is 0.479. The highest BCUT2D eigenvalue weighted by molar-refractivity contribution is 5.91. The van der Waals surface area contributed by atoms with E-state index in [1.54, 1.807) is 16.8 Å². The molecule has 0 aliphatic rings. The van der Waals surface area contributed by atoms with Crippen LogP contribution in [0.1, 0.15) is 12.8 Å². The quantitative estimate of drug-likeness (QED) is 0.764. The second-order valence-electron chi connectivity index (χ2n) is 4.79. The van der Waals surface area contributed by atoms with Gasteiger partial charge in [-0.15, -0.1) is 0 Å². The van der Waals surface area contributed by atoms with Gasteiger partial charge in [-0.3, -0.25) is 9.69 Å². The number of rotatable bonds is 8. The number of nitrogens with zero attached hydrogens (tertiary/aromatic N) is 2. The van der Waals surface area contributed by atoms with E-state index in [1.165, 1.54) is 0 Å². The van der Waals surface area contributed by atoms with Gasteiger partial charge in [-0.2, -0.15) is 0 Å². The van der Waals surface area contributed by atoms with Crippen LogP contribution in [-0.4, -0.2) is 55.7 Å². The lowest BCUT2D eigenvalue weighted by Crippen LogP contribution is -2.44. The van der Waals surface area contributed by atoms with Crippen molar-refractivity contribution < 1.29 is 14.7 Å². The molecule has 0 fully saturated rings. The maximum absolute atomic E-state index is 12.5. The fraction of sp³-hybridized carbons (Fsp3) is 0.467. The molecule has 0 heterocycles. The van der Waals surface area contributed by atoms with E-state index in [4.69, 9.17) is 5.11 Å². The highest BCUT2D eigenvalue weighted by atomic mass is 16.4. The lowest BCUT2D eigenvalue weighted by Gasteiger charge is -2.28. The summed E-state index contributed by atoms with van der Waals surface area (Å²) < 4.78 is 0. The zero-order valence-corrected chi connectivity index (χ0v) is 12.6. The number of urea groups is 1. The Hall–Kier alpha value is -2.08. The van der Waals surface area contributed by atoms with Crippen molar-refractivity contribution >= 4 is 17.7 Å². The number of carboxylic acids is 1. The number of para-hydroxylation sites is 1. The third-order valence-corrected chi connectivity index (χ3v) is 3.09. The normalized spacial score (nSPS) is 10.2. The van der Waals surface area contributed by atoms with Crippen LogP contribution in [0.3, 0.4) is 0 Å². The average Bonchev–Trinajstić information content (AvgIpc) is 2.49. The highest BCUT2D eigenvalue weighted by Gasteiger charge is 2.19. The molecular formula is C15H23N3O3. The monoisotopic (exact) mass is 293 g/mol. The molecule has 0 aliphatic carbocycles. The molecule has 0 spiro atoms. The van der Waals surface area contributed by atoms with Gasteiger partial charge in [0.1, 0.15) is 0 Å². The molecule has 6 heteroatoms. The molecule has 1 rings (SSSR count). The van der Waals surface area contributed by atoms with Crippen LogP contribution in [0.15, 0.2) is 30.3 Å². The lowest BCUT2D eigenvalue weighted by molar-refractivity contribution is -0.137. The van der Waals surface area contributed by atoms with E-state index in [0.717, 1.165) is 5.69 Å². The first-order valence-electron chi connectivity index (χ1n) is 7.00. The molecule has 0 radical (unpaired) electrons. The molecule has 21 heavy (non-hydrogen) atoms. The van der Waals surface area contributed by atoms with Gasteiger partial charge in [-0.25, -0.2) is 4.79 Å². The first-order chi connectivity index (χ1) is 10.1. The Morgan fingerprint density at radius 1 is 1.19 bits per heavy atom. The number of likely N-dealkylation sites (N-methyl/N-ethyl adjacent to an activating group) is 2. The van der Waals surface area contributed by atoms with Gasteiger partial charge < -0.3 is 15.3 Å². The molecule has 2 N–H and O–H groups in total. The summed E-state index contributed by atoms with van der Waals surface area (Å²) in [5, 5.41) is 11.7. The molecule has 0 bridgehead atoms.